The fourth-order valence-electron chi connectivity index (χ4n) is 2.53. The molecule has 27 heavy (non-hydrogen) atoms. The van der Waals surface area contributed by atoms with Crippen LogP contribution in [0.5, 0.6) is 5.75 Å². The van der Waals surface area contributed by atoms with Gasteiger partial charge in [0.05, 0.1) is 6.61 Å². The number of carbonyl (C=O) groups is 1. The highest BCUT2D eigenvalue weighted by molar-refractivity contribution is 9.10. The van der Waals surface area contributed by atoms with Crippen LogP contribution in [0.4, 0.5) is 5.69 Å². The fourth-order valence-corrected chi connectivity index (χ4v) is 3.14. The van der Waals surface area contributed by atoms with Gasteiger partial charge in [-0.05, 0) is 49.0 Å². The lowest BCUT2D eigenvalue weighted by molar-refractivity contribution is 0.0977. The first-order valence-corrected chi connectivity index (χ1v) is 10.4. The highest BCUT2D eigenvalue weighted by atomic mass is 79.9. The second-order valence-corrected chi connectivity index (χ2v) is 7.53. The summed E-state index contributed by atoms with van der Waals surface area (Å²) in [4.78, 5) is 12.2. The van der Waals surface area contributed by atoms with Crippen molar-refractivity contribution in [3.05, 3.63) is 58.6 Å². The normalized spacial score (nSPS) is 10.3. The van der Waals surface area contributed by atoms with E-state index in [1.807, 2.05) is 30.3 Å². The topological polar surface area (TPSA) is 50.4 Å². The largest absolute Gasteiger partial charge is 0.494 e. The standard InChI is InChI=1S/C21H25BrN2O2S/c1-2-3-4-5-6-13-26-19-12-8-11-18(15-19)23-21(27)24-20(25)16-9-7-10-17(22)14-16/h7-12,14-15H,2-6,13H2,1H3,(H2,23,24,25,27). The van der Waals surface area contributed by atoms with Crippen molar-refractivity contribution < 1.29 is 9.53 Å². The molecule has 0 aromatic heterocycles. The van der Waals surface area contributed by atoms with Crippen molar-refractivity contribution in [2.24, 2.45) is 0 Å². The summed E-state index contributed by atoms with van der Waals surface area (Å²) in [7, 11) is 0. The summed E-state index contributed by atoms with van der Waals surface area (Å²) in [6, 6.07) is 14.7. The van der Waals surface area contributed by atoms with Crippen LogP contribution >= 0.6 is 28.1 Å². The Bertz CT molecular complexity index is 767. The maximum Gasteiger partial charge on any atom is 0.257 e. The summed E-state index contributed by atoms with van der Waals surface area (Å²) in [6.45, 7) is 2.91. The molecule has 0 heterocycles. The fraction of sp³-hybridized carbons (Fsp3) is 0.333. The van der Waals surface area contributed by atoms with Crippen molar-refractivity contribution in [1.29, 1.82) is 0 Å². The first-order chi connectivity index (χ1) is 13.1. The Labute approximate surface area is 174 Å². The molecule has 0 aliphatic carbocycles. The average Bonchev–Trinajstić information content (AvgIpc) is 2.65. The molecule has 0 fully saturated rings. The quantitative estimate of drug-likeness (QED) is 0.368. The van der Waals surface area contributed by atoms with E-state index in [0.29, 0.717) is 12.2 Å². The Balaban J connectivity index is 1.80. The lowest BCUT2D eigenvalue weighted by atomic mass is 10.2. The third-order valence-corrected chi connectivity index (χ3v) is 4.62. The van der Waals surface area contributed by atoms with Crippen molar-refractivity contribution in [2.75, 3.05) is 11.9 Å². The van der Waals surface area contributed by atoms with Crippen molar-refractivity contribution in [3.8, 4) is 5.75 Å². The van der Waals surface area contributed by atoms with Gasteiger partial charge in [-0.3, -0.25) is 10.1 Å². The van der Waals surface area contributed by atoms with Crippen LogP contribution in [-0.2, 0) is 0 Å². The van der Waals surface area contributed by atoms with E-state index in [9.17, 15) is 4.79 Å². The van der Waals surface area contributed by atoms with Gasteiger partial charge < -0.3 is 10.1 Å². The number of carbonyl (C=O) groups excluding carboxylic acids is 1. The van der Waals surface area contributed by atoms with Gasteiger partial charge in [-0.2, -0.15) is 0 Å². The van der Waals surface area contributed by atoms with Gasteiger partial charge in [-0.1, -0.05) is 60.7 Å². The molecule has 2 aromatic carbocycles. The Morgan fingerprint density at radius 1 is 1.07 bits per heavy atom. The predicted molar refractivity (Wildman–Crippen MR) is 119 cm³/mol. The van der Waals surface area contributed by atoms with E-state index in [-0.39, 0.29) is 11.0 Å². The van der Waals surface area contributed by atoms with Gasteiger partial charge in [-0.15, -0.1) is 0 Å². The zero-order valence-corrected chi connectivity index (χ0v) is 17.9. The van der Waals surface area contributed by atoms with Crippen molar-refractivity contribution in [2.45, 2.75) is 39.0 Å². The lowest BCUT2D eigenvalue weighted by Gasteiger charge is -2.12. The molecule has 0 saturated carbocycles. The molecule has 0 unspecified atom stereocenters. The number of halogens is 1. The predicted octanol–water partition coefficient (Wildman–Crippen LogP) is 5.93. The van der Waals surface area contributed by atoms with Gasteiger partial charge in [-0.25, -0.2) is 0 Å². The average molecular weight is 449 g/mol. The number of amides is 1. The maximum atomic E-state index is 12.2. The Morgan fingerprint density at radius 2 is 1.85 bits per heavy atom. The Morgan fingerprint density at radius 3 is 2.63 bits per heavy atom. The zero-order valence-electron chi connectivity index (χ0n) is 15.5. The van der Waals surface area contributed by atoms with Crippen molar-refractivity contribution >= 4 is 44.9 Å². The minimum Gasteiger partial charge on any atom is -0.494 e. The molecule has 2 rings (SSSR count). The summed E-state index contributed by atoms with van der Waals surface area (Å²) < 4.78 is 6.64. The molecule has 0 aliphatic heterocycles. The van der Waals surface area contributed by atoms with Crippen LogP contribution in [0, 0.1) is 0 Å². The van der Waals surface area contributed by atoms with Crippen LogP contribution in [0.1, 0.15) is 49.4 Å². The smallest absolute Gasteiger partial charge is 0.257 e. The van der Waals surface area contributed by atoms with Crippen LogP contribution in [0.15, 0.2) is 53.0 Å². The van der Waals surface area contributed by atoms with Crippen molar-refractivity contribution in [3.63, 3.8) is 0 Å². The highest BCUT2D eigenvalue weighted by Crippen LogP contribution is 2.18. The molecule has 0 saturated heterocycles. The van der Waals surface area contributed by atoms with Crippen molar-refractivity contribution in [1.82, 2.24) is 5.32 Å². The second kappa shape index (κ2) is 11.7. The van der Waals surface area contributed by atoms with Gasteiger partial charge in [0.25, 0.3) is 5.91 Å². The maximum absolute atomic E-state index is 12.2. The molecular weight excluding hydrogens is 424 g/mol. The van der Waals surface area contributed by atoms with Gasteiger partial charge in [0.15, 0.2) is 5.11 Å². The summed E-state index contributed by atoms with van der Waals surface area (Å²) >= 11 is 8.59. The Hall–Kier alpha value is -1.92. The van der Waals surface area contributed by atoms with Crippen LogP contribution in [0.25, 0.3) is 0 Å². The molecule has 0 spiro atoms. The number of nitrogens with one attached hydrogen (secondary N) is 2. The summed E-state index contributed by atoms with van der Waals surface area (Å²) in [6.07, 6.45) is 6.03. The zero-order chi connectivity index (χ0) is 19.5. The first kappa shape index (κ1) is 21.4. The highest BCUT2D eigenvalue weighted by Gasteiger charge is 2.08. The van der Waals surface area contributed by atoms with E-state index in [1.54, 1.807) is 18.2 Å². The number of ether oxygens (including phenoxy) is 1. The monoisotopic (exact) mass is 448 g/mol. The number of thiocarbonyl (C=S) groups is 1. The van der Waals surface area contributed by atoms with Crippen LogP contribution in [0.3, 0.4) is 0 Å². The first-order valence-electron chi connectivity index (χ1n) is 9.19. The second-order valence-electron chi connectivity index (χ2n) is 6.21. The number of benzene rings is 2. The number of unbranched alkanes of at least 4 members (excludes halogenated alkanes) is 4. The molecule has 2 N–H and O–H groups in total. The van der Waals surface area contributed by atoms with E-state index < -0.39 is 0 Å². The van der Waals surface area contributed by atoms with Crippen LogP contribution < -0.4 is 15.4 Å². The van der Waals surface area contributed by atoms with E-state index in [1.165, 1.54) is 25.7 Å². The number of anilines is 1. The molecule has 0 bridgehead atoms. The molecule has 144 valence electrons. The molecule has 6 heteroatoms. The minimum atomic E-state index is -0.256. The van der Waals surface area contributed by atoms with E-state index in [4.69, 9.17) is 17.0 Å². The molecule has 1 amide bonds. The molecule has 0 atom stereocenters. The SMILES string of the molecule is CCCCCCCOc1cccc(NC(=S)NC(=O)c2cccc(Br)c2)c1. The summed E-state index contributed by atoms with van der Waals surface area (Å²) in [5.41, 5.74) is 1.31. The third kappa shape index (κ3) is 8.10. The summed E-state index contributed by atoms with van der Waals surface area (Å²) in [5, 5.41) is 5.95. The van der Waals surface area contributed by atoms with Crippen LogP contribution in [-0.4, -0.2) is 17.6 Å². The molecule has 4 nitrogen and oxygen atoms in total. The number of hydrogen-bond acceptors (Lipinski definition) is 3. The summed E-state index contributed by atoms with van der Waals surface area (Å²) in [5.74, 6) is 0.532. The van der Waals surface area contributed by atoms with Gasteiger partial charge >= 0.3 is 0 Å². The lowest BCUT2D eigenvalue weighted by Crippen LogP contribution is -2.34. The third-order valence-electron chi connectivity index (χ3n) is 3.92. The van der Waals surface area contributed by atoms with E-state index in [0.717, 1.165) is 22.3 Å². The number of hydrogen-bond donors (Lipinski definition) is 2. The van der Waals surface area contributed by atoms with Gasteiger partial charge in [0.2, 0.25) is 0 Å². The minimum absolute atomic E-state index is 0.247. The van der Waals surface area contributed by atoms with Crippen LogP contribution in [0.2, 0.25) is 0 Å². The molecule has 0 radical (unpaired) electrons. The van der Waals surface area contributed by atoms with E-state index >= 15 is 0 Å². The van der Waals surface area contributed by atoms with E-state index in [2.05, 4.69) is 33.5 Å². The molecule has 2 aromatic rings. The molecule has 0 aliphatic rings. The Kier molecular flexibility index (Phi) is 9.28. The van der Waals surface area contributed by atoms with Gasteiger partial charge in [0, 0.05) is 21.8 Å². The number of rotatable bonds is 9. The molecular formula is C21H25BrN2O2S. The van der Waals surface area contributed by atoms with Gasteiger partial charge in [0.1, 0.15) is 5.75 Å².